The van der Waals surface area contributed by atoms with Gasteiger partial charge in [0.2, 0.25) is 0 Å². The van der Waals surface area contributed by atoms with Crippen molar-refractivity contribution in [1.29, 1.82) is 0 Å². The molecule has 1 heterocycles. The number of amides is 1. The van der Waals surface area contributed by atoms with E-state index in [1.54, 1.807) is 12.3 Å². The number of rotatable bonds is 5. The zero-order chi connectivity index (χ0) is 17.8. The van der Waals surface area contributed by atoms with Crippen LogP contribution >= 0.6 is 23.2 Å². The molecule has 3 N–H and O–H groups in total. The van der Waals surface area contributed by atoms with Gasteiger partial charge in [0.25, 0.3) is 0 Å². The molecule has 2 aromatic carbocycles. The van der Waals surface area contributed by atoms with E-state index in [0.717, 1.165) is 28.2 Å². The minimum Gasteiger partial charge on any atom is -0.465 e. The van der Waals surface area contributed by atoms with Crippen LogP contribution in [0.2, 0.25) is 10.0 Å². The molecule has 0 aliphatic carbocycles. The van der Waals surface area contributed by atoms with Crippen LogP contribution in [0, 0.1) is 0 Å². The molecule has 0 unspecified atom stereocenters. The molecule has 0 aliphatic rings. The number of nitrogens with one attached hydrogen (secondary N) is 2. The molecule has 0 atom stereocenters. The van der Waals surface area contributed by atoms with Gasteiger partial charge in [-0.25, -0.2) is 9.78 Å². The number of H-pyrrole nitrogens is 1. The van der Waals surface area contributed by atoms with Crippen LogP contribution in [0.25, 0.3) is 22.4 Å². The zero-order valence-electron chi connectivity index (χ0n) is 13.1. The first-order valence-electron chi connectivity index (χ1n) is 7.59. The molecule has 1 amide bonds. The van der Waals surface area contributed by atoms with Crippen LogP contribution in [-0.4, -0.2) is 27.7 Å². The Morgan fingerprint density at radius 2 is 1.72 bits per heavy atom. The van der Waals surface area contributed by atoms with Gasteiger partial charge in [0.1, 0.15) is 5.82 Å². The third-order valence-electron chi connectivity index (χ3n) is 3.72. The molecule has 0 saturated carbocycles. The summed E-state index contributed by atoms with van der Waals surface area (Å²) in [5.74, 6) is 0.734. The van der Waals surface area contributed by atoms with Crippen molar-refractivity contribution in [2.45, 2.75) is 6.42 Å². The number of aromatic amines is 1. The van der Waals surface area contributed by atoms with Crippen LogP contribution in [-0.2, 0) is 6.42 Å². The lowest BCUT2D eigenvalue weighted by Crippen LogP contribution is -2.23. The molecule has 128 valence electrons. The highest BCUT2D eigenvalue weighted by Crippen LogP contribution is 2.29. The van der Waals surface area contributed by atoms with Crippen molar-refractivity contribution < 1.29 is 9.90 Å². The summed E-state index contributed by atoms with van der Waals surface area (Å²) < 4.78 is 0. The molecule has 5 nitrogen and oxygen atoms in total. The smallest absolute Gasteiger partial charge is 0.404 e. The van der Waals surface area contributed by atoms with Crippen molar-refractivity contribution in [3.8, 4) is 22.4 Å². The fourth-order valence-corrected chi connectivity index (χ4v) is 2.74. The number of carbonyl (C=O) groups is 1. The summed E-state index contributed by atoms with van der Waals surface area (Å²) in [5, 5.41) is 11.9. The van der Waals surface area contributed by atoms with E-state index in [4.69, 9.17) is 28.3 Å². The van der Waals surface area contributed by atoms with Crippen molar-refractivity contribution in [2.75, 3.05) is 6.54 Å². The van der Waals surface area contributed by atoms with E-state index < -0.39 is 6.09 Å². The molecule has 0 aliphatic heterocycles. The van der Waals surface area contributed by atoms with Crippen molar-refractivity contribution in [2.24, 2.45) is 0 Å². The number of hydrogen-bond acceptors (Lipinski definition) is 2. The maximum atomic E-state index is 10.4. The van der Waals surface area contributed by atoms with Gasteiger partial charge in [-0.05, 0) is 28.8 Å². The summed E-state index contributed by atoms with van der Waals surface area (Å²) in [7, 11) is 0. The van der Waals surface area contributed by atoms with E-state index >= 15 is 0 Å². The molecule has 1 aromatic heterocycles. The Morgan fingerprint density at radius 3 is 2.40 bits per heavy atom. The first-order valence-corrected chi connectivity index (χ1v) is 8.35. The highest BCUT2D eigenvalue weighted by Gasteiger charge is 2.06. The van der Waals surface area contributed by atoms with Gasteiger partial charge in [0.05, 0.1) is 21.9 Å². The lowest BCUT2D eigenvalue weighted by molar-refractivity contribution is 0.194. The summed E-state index contributed by atoms with van der Waals surface area (Å²) in [6.07, 6.45) is 1.21. The lowest BCUT2D eigenvalue weighted by Gasteiger charge is -2.05. The van der Waals surface area contributed by atoms with Crippen LogP contribution in [0.1, 0.15) is 5.82 Å². The molecule has 0 saturated heterocycles. The standard InChI is InChI=1S/C18H15Cl2N3O2/c19-14-6-5-13(9-15(14)20)11-1-3-12(4-2-11)16-10-22-17(23-16)7-8-21-18(24)25/h1-6,9-10,21H,7-8H2,(H,22,23)(H,24,25). The second-order valence-corrected chi connectivity index (χ2v) is 6.25. The number of carboxylic acid groups (broad SMARTS) is 1. The van der Waals surface area contributed by atoms with Crippen molar-refractivity contribution in [3.63, 3.8) is 0 Å². The number of benzene rings is 2. The fourth-order valence-electron chi connectivity index (χ4n) is 2.44. The molecule has 3 aromatic rings. The average Bonchev–Trinajstić information content (AvgIpc) is 3.06. The quantitative estimate of drug-likeness (QED) is 0.595. The van der Waals surface area contributed by atoms with Crippen LogP contribution in [0.5, 0.6) is 0 Å². The first kappa shape index (κ1) is 17.3. The Bertz CT molecular complexity index is 892. The summed E-state index contributed by atoms with van der Waals surface area (Å²) in [6, 6.07) is 13.5. The summed E-state index contributed by atoms with van der Waals surface area (Å²) >= 11 is 12.0. The second kappa shape index (κ2) is 7.59. The molecule has 7 heteroatoms. The van der Waals surface area contributed by atoms with Gasteiger partial charge in [0, 0.05) is 13.0 Å². The average molecular weight is 376 g/mol. The summed E-state index contributed by atoms with van der Waals surface area (Å²) in [6.45, 7) is 0.318. The molecule has 0 spiro atoms. The van der Waals surface area contributed by atoms with Crippen LogP contribution in [0.3, 0.4) is 0 Å². The zero-order valence-corrected chi connectivity index (χ0v) is 14.6. The maximum absolute atomic E-state index is 10.4. The normalized spacial score (nSPS) is 10.6. The third kappa shape index (κ3) is 4.32. The minimum atomic E-state index is -1.04. The molecule has 0 fully saturated rings. The van der Waals surface area contributed by atoms with Gasteiger partial charge in [-0.15, -0.1) is 0 Å². The largest absolute Gasteiger partial charge is 0.465 e. The van der Waals surface area contributed by atoms with Gasteiger partial charge < -0.3 is 15.4 Å². The predicted molar refractivity (Wildman–Crippen MR) is 99.2 cm³/mol. The number of halogens is 2. The Morgan fingerprint density at radius 1 is 1.04 bits per heavy atom. The van der Waals surface area contributed by atoms with E-state index in [0.29, 0.717) is 23.0 Å². The van der Waals surface area contributed by atoms with Gasteiger partial charge in [0.15, 0.2) is 0 Å². The van der Waals surface area contributed by atoms with E-state index in [2.05, 4.69) is 15.3 Å². The molecule has 0 radical (unpaired) electrons. The maximum Gasteiger partial charge on any atom is 0.404 e. The number of nitrogens with zero attached hydrogens (tertiary/aromatic N) is 1. The number of hydrogen-bond donors (Lipinski definition) is 3. The van der Waals surface area contributed by atoms with Crippen LogP contribution in [0.4, 0.5) is 4.79 Å². The molecule has 0 bridgehead atoms. The second-order valence-electron chi connectivity index (χ2n) is 5.43. The lowest BCUT2D eigenvalue weighted by atomic mass is 10.0. The van der Waals surface area contributed by atoms with Crippen molar-refractivity contribution >= 4 is 29.3 Å². The topological polar surface area (TPSA) is 78.0 Å². The number of imidazole rings is 1. The summed E-state index contributed by atoms with van der Waals surface area (Å²) in [5.41, 5.74) is 3.90. The monoisotopic (exact) mass is 375 g/mol. The molecular formula is C18H15Cl2N3O2. The van der Waals surface area contributed by atoms with E-state index in [-0.39, 0.29) is 0 Å². The van der Waals surface area contributed by atoms with Crippen molar-refractivity contribution in [1.82, 2.24) is 15.3 Å². The van der Waals surface area contributed by atoms with Gasteiger partial charge in [-0.3, -0.25) is 0 Å². The van der Waals surface area contributed by atoms with Crippen LogP contribution < -0.4 is 5.32 Å². The number of aromatic nitrogens is 2. The van der Waals surface area contributed by atoms with Crippen molar-refractivity contribution in [3.05, 3.63) is 64.5 Å². The Labute approximate surface area is 154 Å². The SMILES string of the molecule is O=C(O)NCCc1ncc(-c2ccc(-c3ccc(Cl)c(Cl)c3)cc2)[nH]1. The Kier molecular flexibility index (Phi) is 5.26. The van der Waals surface area contributed by atoms with E-state index in [1.807, 2.05) is 36.4 Å². The minimum absolute atomic E-state index is 0.318. The Hall–Kier alpha value is -2.50. The van der Waals surface area contributed by atoms with Gasteiger partial charge in [-0.1, -0.05) is 53.5 Å². The summed E-state index contributed by atoms with van der Waals surface area (Å²) in [4.78, 5) is 17.9. The highest BCUT2D eigenvalue weighted by atomic mass is 35.5. The molecule has 3 rings (SSSR count). The first-order chi connectivity index (χ1) is 12.0. The Balaban J connectivity index is 1.73. The highest BCUT2D eigenvalue weighted by molar-refractivity contribution is 6.42. The van der Waals surface area contributed by atoms with Gasteiger partial charge >= 0.3 is 6.09 Å². The van der Waals surface area contributed by atoms with Crippen LogP contribution in [0.15, 0.2) is 48.7 Å². The third-order valence-corrected chi connectivity index (χ3v) is 4.45. The van der Waals surface area contributed by atoms with Gasteiger partial charge in [-0.2, -0.15) is 0 Å². The fraction of sp³-hybridized carbons (Fsp3) is 0.111. The van der Waals surface area contributed by atoms with E-state index in [1.165, 1.54) is 0 Å². The molecule has 25 heavy (non-hydrogen) atoms. The van der Waals surface area contributed by atoms with E-state index in [9.17, 15) is 4.79 Å². The predicted octanol–water partition coefficient (Wildman–Crippen LogP) is 4.86. The molecular weight excluding hydrogens is 361 g/mol.